The fourth-order valence-electron chi connectivity index (χ4n) is 2.98. The van der Waals surface area contributed by atoms with Gasteiger partial charge in [-0.1, -0.05) is 12.1 Å². The van der Waals surface area contributed by atoms with Gasteiger partial charge in [-0.25, -0.2) is 4.39 Å². The third-order valence-corrected chi connectivity index (χ3v) is 4.01. The first-order valence-electron chi connectivity index (χ1n) is 7.80. The fourth-order valence-corrected chi connectivity index (χ4v) is 2.98. The molecule has 4 nitrogen and oxygen atoms in total. The van der Waals surface area contributed by atoms with Crippen LogP contribution in [0.3, 0.4) is 0 Å². The maximum Gasteiger partial charge on any atom is 0.123 e. The minimum atomic E-state index is -0.188. The molecule has 5 heteroatoms. The number of benzene rings is 1. The van der Waals surface area contributed by atoms with E-state index in [9.17, 15) is 4.39 Å². The molecule has 0 radical (unpaired) electrons. The van der Waals surface area contributed by atoms with E-state index in [4.69, 9.17) is 4.74 Å². The minimum Gasteiger partial charge on any atom is -0.381 e. The quantitative estimate of drug-likeness (QED) is 0.851. The summed E-state index contributed by atoms with van der Waals surface area (Å²) >= 11 is 0. The molecule has 1 aromatic carbocycles. The Morgan fingerprint density at radius 1 is 1.23 bits per heavy atom. The van der Waals surface area contributed by atoms with Crippen LogP contribution in [0.25, 0.3) is 0 Å². The number of aromatic nitrogens is 2. The Kier molecular flexibility index (Phi) is 4.85. The Hall–Kier alpha value is -1.72. The van der Waals surface area contributed by atoms with Crippen molar-refractivity contribution >= 4 is 0 Å². The lowest BCUT2D eigenvalue weighted by atomic mass is 10.1. The van der Waals surface area contributed by atoms with Crippen LogP contribution in [0.4, 0.5) is 4.39 Å². The molecule has 0 unspecified atom stereocenters. The number of rotatable bonds is 5. The van der Waals surface area contributed by atoms with Crippen molar-refractivity contribution in [1.29, 1.82) is 0 Å². The van der Waals surface area contributed by atoms with E-state index in [-0.39, 0.29) is 5.82 Å². The first-order valence-corrected chi connectivity index (χ1v) is 7.80. The van der Waals surface area contributed by atoms with Gasteiger partial charge in [0, 0.05) is 44.9 Å². The molecule has 1 aliphatic heterocycles. The Balaban J connectivity index is 1.73. The Morgan fingerprint density at radius 2 is 2.05 bits per heavy atom. The number of nitrogens with zero attached hydrogens (tertiary/aromatic N) is 3. The van der Waals surface area contributed by atoms with Crippen molar-refractivity contribution in [2.75, 3.05) is 19.8 Å². The van der Waals surface area contributed by atoms with E-state index in [1.54, 1.807) is 0 Å². The monoisotopic (exact) mass is 303 g/mol. The Morgan fingerprint density at radius 3 is 2.82 bits per heavy atom. The van der Waals surface area contributed by atoms with E-state index in [1.807, 2.05) is 25.3 Å². The molecule has 0 fully saturated rings. The number of fused-ring (bicyclic) bond motifs is 1. The van der Waals surface area contributed by atoms with Crippen molar-refractivity contribution < 1.29 is 9.13 Å². The van der Waals surface area contributed by atoms with Gasteiger partial charge in [-0.2, -0.15) is 5.10 Å². The number of ether oxygens (including phenoxy) is 1. The summed E-state index contributed by atoms with van der Waals surface area (Å²) in [6, 6.07) is 8.83. The molecule has 1 aliphatic rings. The number of halogens is 1. The topological polar surface area (TPSA) is 30.3 Å². The first-order chi connectivity index (χ1) is 10.7. The van der Waals surface area contributed by atoms with E-state index in [1.165, 1.54) is 17.8 Å². The van der Waals surface area contributed by atoms with Crippen LogP contribution in [0.5, 0.6) is 0 Å². The third kappa shape index (κ3) is 3.72. The molecule has 0 saturated carbocycles. The van der Waals surface area contributed by atoms with Crippen LogP contribution in [-0.4, -0.2) is 34.4 Å². The molecule has 0 bridgehead atoms. The second-order valence-corrected chi connectivity index (χ2v) is 5.83. The molecule has 2 aromatic rings. The van der Waals surface area contributed by atoms with Crippen LogP contribution in [0.2, 0.25) is 0 Å². The highest BCUT2D eigenvalue weighted by molar-refractivity contribution is 5.16. The van der Waals surface area contributed by atoms with Crippen molar-refractivity contribution in [3.8, 4) is 0 Å². The number of hydrogen-bond donors (Lipinski definition) is 0. The standard InChI is InChI=1S/C17H22FN3O/c1-2-22-13-15-10-20(9-14-3-5-16(18)6-4-14)12-17-7-8-19-21(17)11-15/h3-8,15H,2,9-13H2,1H3/t15-/m1/s1. The SMILES string of the molecule is CCOC[C@@H]1CN(Cc2ccc(F)cc2)Cc2ccnn2C1. The number of hydrogen-bond acceptors (Lipinski definition) is 3. The van der Waals surface area contributed by atoms with Crippen LogP contribution >= 0.6 is 0 Å². The van der Waals surface area contributed by atoms with Gasteiger partial charge in [0.05, 0.1) is 12.3 Å². The van der Waals surface area contributed by atoms with Crippen molar-refractivity contribution in [2.24, 2.45) is 5.92 Å². The average Bonchev–Trinajstić information content (AvgIpc) is 2.87. The van der Waals surface area contributed by atoms with E-state index < -0.39 is 0 Å². The van der Waals surface area contributed by atoms with Gasteiger partial charge in [-0.15, -0.1) is 0 Å². The molecule has 22 heavy (non-hydrogen) atoms. The van der Waals surface area contributed by atoms with Gasteiger partial charge in [0.1, 0.15) is 5.82 Å². The third-order valence-electron chi connectivity index (χ3n) is 4.01. The smallest absolute Gasteiger partial charge is 0.123 e. The van der Waals surface area contributed by atoms with Gasteiger partial charge in [-0.3, -0.25) is 9.58 Å². The average molecular weight is 303 g/mol. The van der Waals surface area contributed by atoms with Crippen LogP contribution < -0.4 is 0 Å². The highest BCUT2D eigenvalue weighted by Crippen LogP contribution is 2.18. The van der Waals surface area contributed by atoms with Crippen molar-refractivity contribution in [1.82, 2.24) is 14.7 Å². The summed E-state index contributed by atoms with van der Waals surface area (Å²) in [6.45, 7) is 7.03. The fraction of sp³-hybridized carbons (Fsp3) is 0.471. The summed E-state index contributed by atoms with van der Waals surface area (Å²) in [6.07, 6.45) is 1.86. The lowest BCUT2D eigenvalue weighted by molar-refractivity contribution is 0.0841. The van der Waals surface area contributed by atoms with Crippen LogP contribution in [0, 0.1) is 11.7 Å². The summed E-state index contributed by atoms with van der Waals surface area (Å²) in [5.74, 6) is 0.230. The molecule has 118 valence electrons. The van der Waals surface area contributed by atoms with Gasteiger partial charge < -0.3 is 4.74 Å². The molecule has 1 aromatic heterocycles. The maximum atomic E-state index is 13.0. The Bertz CT molecular complexity index is 596. The van der Waals surface area contributed by atoms with Gasteiger partial charge >= 0.3 is 0 Å². The molecular formula is C17H22FN3O. The summed E-state index contributed by atoms with van der Waals surface area (Å²) in [5.41, 5.74) is 2.35. The summed E-state index contributed by atoms with van der Waals surface area (Å²) in [7, 11) is 0. The zero-order valence-electron chi connectivity index (χ0n) is 12.9. The molecule has 2 heterocycles. The maximum absolute atomic E-state index is 13.0. The molecule has 0 amide bonds. The molecule has 0 spiro atoms. The van der Waals surface area contributed by atoms with Gasteiger partial charge in [-0.05, 0) is 30.7 Å². The lowest BCUT2D eigenvalue weighted by Crippen LogP contribution is -2.30. The van der Waals surface area contributed by atoms with Gasteiger partial charge in [0.15, 0.2) is 0 Å². The molecule has 0 saturated heterocycles. The zero-order valence-corrected chi connectivity index (χ0v) is 12.9. The largest absolute Gasteiger partial charge is 0.381 e. The van der Waals surface area contributed by atoms with Crippen molar-refractivity contribution in [3.63, 3.8) is 0 Å². The molecule has 0 aliphatic carbocycles. The minimum absolute atomic E-state index is 0.188. The van der Waals surface area contributed by atoms with Crippen LogP contribution in [-0.2, 0) is 24.4 Å². The van der Waals surface area contributed by atoms with Crippen molar-refractivity contribution in [2.45, 2.75) is 26.6 Å². The van der Waals surface area contributed by atoms with Gasteiger partial charge in [0.2, 0.25) is 0 Å². The van der Waals surface area contributed by atoms with E-state index in [2.05, 4.69) is 20.7 Å². The molecule has 0 N–H and O–H groups in total. The van der Waals surface area contributed by atoms with Crippen molar-refractivity contribution in [3.05, 3.63) is 53.6 Å². The predicted molar refractivity (Wildman–Crippen MR) is 82.7 cm³/mol. The second-order valence-electron chi connectivity index (χ2n) is 5.83. The van der Waals surface area contributed by atoms with E-state index in [0.717, 1.165) is 45.0 Å². The summed E-state index contributed by atoms with van der Waals surface area (Å²) < 4.78 is 20.7. The first kappa shape index (κ1) is 15.2. The molecule has 3 rings (SSSR count). The van der Waals surface area contributed by atoms with Gasteiger partial charge in [0.25, 0.3) is 0 Å². The highest BCUT2D eigenvalue weighted by atomic mass is 19.1. The predicted octanol–water partition coefficient (Wildman–Crippen LogP) is 2.69. The lowest BCUT2D eigenvalue weighted by Gasteiger charge is -2.23. The Labute approximate surface area is 130 Å². The summed E-state index contributed by atoms with van der Waals surface area (Å²) in [5, 5.41) is 4.41. The van der Waals surface area contributed by atoms with E-state index >= 15 is 0 Å². The summed E-state index contributed by atoms with van der Waals surface area (Å²) in [4.78, 5) is 2.39. The van der Waals surface area contributed by atoms with Crippen LogP contribution in [0.15, 0.2) is 36.5 Å². The highest BCUT2D eigenvalue weighted by Gasteiger charge is 2.22. The zero-order chi connectivity index (χ0) is 15.4. The van der Waals surface area contributed by atoms with Crippen LogP contribution in [0.1, 0.15) is 18.2 Å². The molecule has 1 atom stereocenters. The molecular weight excluding hydrogens is 281 g/mol. The normalized spacial score (nSPS) is 18.9. The second kappa shape index (κ2) is 7.03. The van der Waals surface area contributed by atoms with E-state index in [0.29, 0.717) is 5.92 Å².